The molecular formula is C27H35N8O6PS. The predicted octanol–water partition coefficient (Wildman–Crippen LogP) is 5.09. The van der Waals surface area contributed by atoms with Crippen LogP contribution in [0.4, 0.5) is 5.69 Å². The van der Waals surface area contributed by atoms with Crippen molar-refractivity contribution in [2.45, 2.75) is 71.8 Å². The molecule has 14 nitrogen and oxygen atoms in total. The molecule has 0 radical (unpaired) electrons. The molecule has 3 N–H and O–H groups in total. The van der Waals surface area contributed by atoms with Crippen LogP contribution in [0.1, 0.15) is 76.1 Å². The van der Waals surface area contributed by atoms with Crippen molar-refractivity contribution >= 4 is 30.8 Å². The standard InChI is InChI=1S/C27H35N8O6PS/c1-5-40-19-9-7-18(8-10-19)34-15-20(22(33-34)23-28-11-6-12-29-23)31-24(36)21-16-43-25(32-21)17-13-30-35(14-17)26(27(2,3)4)41-42(37,38)39/h6,11-16,18-19,26H,5,7-10H2,1-4H3,(H,31,36)(H2,37,38,39). The Balaban J connectivity index is 1.35. The molecule has 4 heterocycles. The lowest BCUT2D eigenvalue weighted by Crippen LogP contribution is -2.26. The maximum absolute atomic E-state index is 13.4. The van der Waals surface area contributed by atoms with E-state index in [-0.39, 0.29) is 17.8 Å². The van der Waals surface area contributed by atoms with Gasteiger partial charge in [-0.2, -0.15) is 10.2 Å². The number of anilines is 1. The number of hydrogen-bond donors (Lipinski definition) is 3. The van der Waals surface area contributed by atoms with Crippen LogP contribution in [0.5, 0.6) is 0 Å². The van der Waals surface area contributed by atoms with E-state index in [1.165, 1.54) is 22.2 Å². The van der Waals surface area contributed by atoms with Crippen molar-refractivity contribution in [1.82, 2.24) is 34.5 Å². The van der Waals surface area contributed by atoms with Gasteiger partial charge in [0.05, 0.1) is 24.0 Å². The topological polar surface area (TPSA) is 179 Å². The molecule has 0 saturated heterocycles. The first kappa shape index (κ1) is 31.1. The van der Waals surface area contributed by atoms with Gasteiger partial charge in [-0.3, -0.25) is 14.0 Å². The number of aromatic nitrogens is 7. The van der Waals surface area contributed by atoms with E-state index in [1.807, 2.05) is 17.8 Å². The highest BCUT2D eigenvalue weighted by Gasteiger charge is 2.34. The first-order chi connectivity index (χ1) is 20.4. The number of phosphoric acid groups is 1. The number of thiazole rings is 1. The first-order valence-electron chi connectivity index (χ1n) is 13.9. The fourth-order valence-corrected chi connectivity index (χ4v) is 6.42. The van der Waals surface area contributed by atoms with E-state index in [9.17, 15) is 19.1 Å². The highest BCUT2D eigenvalue weighted by Crippen LogP contribution is 2.46. The van der Waals surface area contributed by atoms with Crippen LogP contribution in [0, 0.1) is 5.41 Å². The largest absolute Gasteiger partial charge is 0.471 e. The minimum atomic E-state index is -4.78. The number of nitrogens with one attached hydrogen (secondary N) is 1. The third kappa shape index (κ3) is 7.61. The summed E-state index contributed by atoms with van der Waals surface area (Å²) in [6.07, 6.45) is 11.1. The van der Waals surface area contributed by atoms with Crippen LogP contribution in [0.25, 0.3) is 22.1 Å². The van der Waals surface area contributed by atoms with Crippen LogP contribution in [-0.2, 0) is 13.8 Å². The lowest BCUT2D eigenvalue weighted by Gasteiger charge is -2.30. The van der Waals surface area contributed by atoms with Crippen LogP contribution in [0.3, 0.4) is 0 Å². The molecule has 0 bridgehead atoms. The minimum absolute atomic E-state index is 0.165. The van der Waals surface area contributed by atoms with Gasteiger partial charge in [-0.15, -0.1) is 11.3 Å². The van der Waals surface area contributed by atoms with E-state index < -0.39 is 25.4 Å². The Morgan fingerprint density at radius 3 is 2.56 bits per heavy atom. The summed E-state index contributed by atoms with van der Waals surface area (Å²) in [6, 6.07) is 1.88. The molecule has 1 fully saturated rings. The Morgan fingerprint density at radius 1 is 1.19 bits per heavy atom. The fourth-order valence-electron chi connectivity index (χ4n) is 4.98. The lowest BCUT2D eigenvalue weighted by atomic mass is 9.93. The third-order valence-electron chi connectivity index (χ3n) is 6.98. The second-order valence-electron chi connectivity index (χ2n) is 11.3. The van der Waals surface area contributed by atoms with Gasteiger partial charge in [0.25, 0.3) is 5.91 Å². The Kier molecular flexibility index (Phi) is 9.20. The molecule has 43 heavy (non-hydrogen) atoms. The number of carbonyl (C=O) groups excluding carboxylic acids is 1. The fraction of sp³-hybridized carbons (Fsp3) is 0.481. The minimum Gasteiger partial charge on any atom is -0.379 e. The van der Waals surface area contributed by atoms with Crippen molar-refractivity contribution in [2.75, 3.05) is 11.9 Å². The number of nitrogens with zero attached hydrogens (tertiary/aromatic N) is 7. The smallest absolute Gasteiger partial charge is 0.379 e. The third-order valence-corrected chi connectivity index (χ3v) is 8.35. The van der Waals surface area contributed by atoms with Crippen molar-refractivity contribution in [2.24, 2.45) is 5.41 Å². The monoisotopic (exact) mass is 630 g/mol. The molecule has 230 valence electrons. The number of rotatable bonds is 10. The van der Waals surface area contributed by atoms with Crippen LogP contribution in [-0.4, -0.2) is 62.9 Å². The molecule has 0 aromatic carbocycles. The summed E-state index contributed by atoms with van der Waals surface area (Å²) in [5.41, 5.74) is 1.04. The molecule has 1 aliphatic rings. The molecule has 0 spiro atoms. The van der Waals surface area contributed by atoms with Crippen molar-refractivity contribution in [3.8, 4) is 22.1 Å². The average Bonchev–Trinajstić information content (AvgIpc) is 3.72. The zero-order chi connectivity index (χ0) is 30.8. The molecule has 1 unspecified atom stereocenters. The molecule has 1 atom stereocenters. The zero-order valence-corrected chi connectivity index (χ0v) is 26.0. The van der Waals surface area contributed by atoms with E-state index in [0.717, 1.165) is 25.7 Å². The van der Waals surface area contributed by atoms with Gasteiger partial charge in [-0.25, -0.2) is 24.2 Å². The van der Waals surface area contributed by atoms with E-state index in [2.05, 4.69) is 25.4 Å². The van der Waals surface area contributed by atoms with Crippen LogP contribution in [0.2, 0.25) is 0 Å². The Hall–Kier alpha value is -3.33. The van der Waals surface area contributed by atoms with Crippen molar-refractivity contribution < 1.29 is 28.4 Å². The Labute approximate surface area is 252 Å². The second kappa shape index (κ2) is 12.7. The molecule has 16 heteroatoms. The van der Waals surface area contributed by atoms with E-state index >= 15 is 0 Å². The van der Waals surface area contributed by atoms with Gasteiger partial charge >= 0.3 is 7.82 Å². The van der Waals surface area contributed by atoms with Crippen molar-refractivity contribution in [3.05, 3.63) is 48.1 Å². The highest BCUT2D eigenvalue weighted by molar-refractivity contribution is 7.46. The molecule has 1 amide bonds. The van der Waals surface area contributed by atoms with Crippen LogP contribution in [0.15, 0.2) is 42.4 Å². The van der Waals surface area contributed by atoms with Crippen LogP contribution < -0.4 is 5.32 Å². The summed E-state index contributed by atoms with van der Waals surface area (Å²) in [5, 5.41) is 14.1. The number of hydrogen-bond acceptors (Lipinski definition) is 10. The van der Waals surface area contributed by atoms with Crippen molar-refractivity contribution in [3.63, 3.8) is 0 Å². The van der Waals surface area contributed by atoms with Gasteiger partial charge in [-0.05, 0) is 38.7 Å². The SMILES string of the molecule is CCOC1CCC(n2cc(NC(=O)c3csc(-c4cnn(C(OP(=O)(O)O)C(C)(C)C)c4)n3)c(-c3ncccn3)n2)CC1. The predicted molar refractivity (Wildman–Crippen MR) is 159 cm³/mol. The average molecular weight is 631 g/mol. The summed E-state index contributed by atoms with van der Waals surface area (Å²) in [4.78, 5) is 45.3. The van der Waals surface area contributed by atoms with Gasteiger partial charge < -0.3 is 19.8 Å². The summed E-state index contributed by atoms with van der Waals surface area (Å²) in [6.45, 7) is 8.05. The van der Waals surface area contributed by atoms with E-state index in [4.69, 9.17) is 14.4 Å². The summed E-state index contributed by atoms with van der Waals surface area (Å²) in [7, 11) is -4.78. The molecule has 4 aromatic rings. The molecule has 4 aromatic heterocycles. The molecule has 5 rings (SSSR count). The maximum Gasteiger partial charge on any atom is 0.471 e. The number of carbonyl (C=O) groups is 1. The number of ether oxygens (including phenoxy) is 1. The van der Waals surface area contributed by atoms with E-state index in [1.54, 1.807) is 50.8 Å². The molecular weight excluding hydrogens is 595 g/mol. The molecule has 1 saturated carbocycles. The number of phosphoric ester groups is 1. The Morgan fingerprint density at radius 2 is 1.91 bits per heavy atom. The highest BCUT2D eigenvalue weighted by atomic mass is 32.1. The zero-order valence-electron chi connectivity index (χ0n) is 24.3. The summed E-state index contributed by atoms with van der Waals surface area (Å²) in [5.74, 6) is -0.0269. The van der Waals surface area contributed by atoms with Crippen molar-refractivity contribution in [1.29, 1.82) is 0 Å². The summed E-state index contributed by atoms with van der Waals surface area (Å²) < 4.78 is 25.6. The van der Waals surface area contributed by atoms with Crippen LogP contribution >= 0.6 is 19.2 Å². The normalized spacial score (nSPS) is 18.5. The van der Waals surface area contributed by atoms with Gasteiger partial charge in [0.15, 0.2) is 17.7 Å². The summed E-state index contributed by atoms with van der Waals surface area (Å²) >= 11 is 1.24. The first-order valence-corrected chi connectivity index (χ1v) is 16.4. The van der Waals surface area contributed by atoms with Gasteiger partial charge in [0.1, 0.15) is 10.7 Å². The number of amides is 1. The Bertz CT molecular complexity index is 1590. The molecule has 1 aliphatic carbocycles. The van der Waals surface area contributed by atoms with E-state index in [0.29, 0.717) is 34.4 Å². The quantitative estimate of drug-likeness (QED) is 0.199. The second-order valence-corrected chi connectivity index (χ2v) is 13.4. The lowest BCUT2D eigenvalue weighted by molar-refractivity contribution is -0.00994. The van der Waals surface area contributed by atoms with Gasteiger partial charge in [0.2, 0.25) is 0 Å². The molecule has 0 aliphatic heterocycles. The van der Waals surface area contributed by atoms with Gasteiger partial charge in [-0.1, -0.05) is 20.8 Å². The van der Waals surface area contributed by atoms with Gasteiger partial charge in [0, 0.05) is 47.8 Å². The maximum atomic E-state index is 13.4.